The first kappa shape index (κ1) is 14.8. The minimum Gasteiger partial charge on any atom is -0.491 e. The molecule has 17 heavy (non-hydrogen) atoms. The molecule has 0 aliphatic carbocycles. The number of nitrogens with one attached hydrogen (secondary N) is 1. The van der Waals surface area contributed by atoms with Crippen LogP contribution in [0.5, 0.6) is 5.75 Å². The van der Waals surface area contributed by atoms with Crippen LogP contribution in [0, 0.1) is 5.92 Å². The molecule has 1 atom stereocenters. The lowest BCUT2D eigenvalue weighted by Gasteiger charge is -2.17. The number of rotatable bonds is 6. The molecular weight excluding hydrogens is 302 g/mol. The molecule has 0 amide bonds. The van der Waals surface area contributed by atoms with Crippen LogP contribution in [0.15, 0.2) is 22.7 Å². The van der Waals surface area contributed by atoms with Gasteiger partial charge < -0.3 is 10.1 Å². The first-order chi connectivity index (χ1) is 8.00. The van der Waals surface area contributed by atoms with Crippen molar-refractivity contribution in [3.63, 3.8) is 0 Å². The number of benzene rings is 1. The normalized spacial score (nSPS) is 12.8. The molecular formula is C13H19BrClNO. The van der Waals surface area contributed by atoms with Crippen molar-refractivity contribution in [1.82, 2.24) is 5.32 Å². The average Bonchev–Trinajstić information content (AvgIpc) is 2.26. The summed E-state index contributed by atoms with van der Waals surface area (Å²) in [5.41, 5.74) is 0. The van der Waals surface area contributed by atoms with Crippen LogP contribution < -0.4 is 10.1 Å². The molecule has 0 spiro atoms. The molecule has 0 saturated heterocycles. The predicted molar refractivity (Wildman–Crippen MR) is 76.9 cm³/mol. The second-order valence-electron chi connectivity index (χ2n) is 4.41. The van der Waals surface area contributed by atoms with Gasteiger partial charge in [0.1, 0.15) is 12.4 Å². The molecule has 0 aromatic heterocycles. The third-order valence-corrected chi connectivity index (χ3v) is 3.51. The van der Waals surface area contributed by atoms with Gasteiger partial charge in [0.25, 0.3) is 0 Å². The van der Waals surface area contributed by atoms with Gasteiger partial charge in [0.05, 0.1) is 5.02 Å². The van der Waals surface area contributed by atoms with Gasteiger partial charge in [0.2, 0.25) is 0 Å². The Labute approximate surface area is 117 Å². The second-order valence-corrected chi connectivity index (χ2v) is 5.73. The molecule has 0 fully saturated rings. The Hall–Kier alpha value is -0.250. The zero-order valence-electron chi connectivity index (χ0n) is 10.5. The Kier molecular flexibility index (Phi) is 6.31. The SMILES string of the molecule is CC(C)C(C)NCCOc1ccc(Br)cc1Cl. The minimum absolute atomic E-state index is 0.499. The first-order valence-electron chi connectivity index (χ1n) is 5.82. The van der Waals surface area contributed by atoms with E-state index in [-0.39, 0.29) is 0 Å². The molecule has 1 N–H and O–H groups in total. The minimum atomic E-state index is 0.499. The lowest BCUT2D eigenvalue weighted by Crippen LogP contribution is -2.33. The van der Waals surface area contributed by atoms with E-state index in [2.05, 4.69) is 42.0 Å². The zero-order valence-corrected chi connectivity index (χ0v) is 12.8. The first-order valence-corrected chi connectivity index (χ1v) is 6.99. The third-order valence-electron chi connectivity index (χ3n) is 2.72. The lowest BCUT2D eigenvalue weighted by molar-refractivity contribution is 0.297. The van der Waals surface area contributed by atoms with Crippen LogP contribution in [0.25, 0.3) is 0 Å². The van der Waals surface area contributed by atoms with E-state index in [0.29, 0.717) is 23.6 Å². The van der Waals surface area contributed by atoms with E-state index >= 15 is 0 Å². The van der Waals surface area contributed by atoms with Crippen molar-refractivity contribution in [2.45, 2.75) is 26.8 Å². The van der Waals surface area contributed by atoms with Gasteiger partial charge in [-0.3, -0.25) is 0 Å². The fourth-order valence-corrected chi connectivity index (χ4v) is 2.00. The summed E-state index contributed by atoms with van der Waals surface area (Å²) >= 11 is 9.41. The second kappa shape index (κ2) is 7.24. The van der Waals surface area contributed by atoms with Gasteiger partial charge >= 0.3 is 0 Å². The lowest BCUT2D eigenvalue weighted by atomic mass is 10.1. The van der Waals surface area contributed by atoms with Crippen molar-refractivity contribution in [3.05, 3.63) is 27.7 Å². The van der Waals surface area contributed by atoms with E-state index in [0.717, 1.165) is 16.8 Å². The van der Waals surface area contributed by atoms with Gasteiger partial charge in [-0.25, -0.2) is 0 Å². The van der Waals surface area contributed by atoms with Crippen molar-refractivity contribution in [1.29, 1.82) is 0 Å². The summed E-state index contributed by atoms with van der Waals surface area (Å²) in [6, 6.07) is 6.13. The highest BCUT2D eigenvalue weighted by atomic mass is 79.9. The maximum Gasteiger partial charge on any atom is 0.138 e. The van der Waals surface area contributed by atoms with Crippen molar-refractivity contribution >= 4 is 27.5 Å². The number of hydrogen-bond donors (Lipinski definition) is 1. The highest BCUT2D eigenvalue weighted by Gasteiger charge is 2.06. The van der Waals surface area contributed by atoms with Crippen molar-refractivity contribution in [2.24, 2.45) is 5.92 Å². The van der Waals surface area contributed by atoms with E-state index in [1.165, 1.54) is 0 Å². The Bertz CT molecular complexity index is 357. The molecule has 0 saturated carbocycles. The smallest absolute Gasteiger partial charge is 0.138 e. The molecule has 1 rings (SSSR count). The molecule has 96 valence electrons. The van der Waals surface area contributed by atoms with E-state index in [1.807, 2.05) is 18.2 Å². The molecule has 0 aliphatic heterocycles. The van der Waals surface area contributed by atoms with Crippen LogP contribution in [0.1, 0.15) is 20.8 Å². The maximum absolute atomic E-state index is 6.05. The van der Waals surface area contributed by atoms with Gasteiger partial charge in [0.15, 0.2) is 0 Å². The van der Waals surface area contributed by atoms with Crippen molar-refractivity contribution in [2.75, 3.05) is 13.2 Å². The van der Waals surface area contributed by atoms with Crippen LogP contribution in [0.2, 0.25) is 5.02 Å². The molecule has 0 bridgehead atoms. The molecule has 1 aromatic carbocycles. The molecule has 0 radical (unpaired) electrons. The van der Waals surface area contributed by atoms with Crippen LogP contribution in [-0.2, 0) is 0 Å². The summed E-state index contributed by atoms with van der Waals surface area (Å²) in [6.45, 7) is 8.02. The van der Waals surface area contributed by atoms with Crippen LogP contribution in [-0.4, -0.2) is 19.2 Å². The Morgan fingerprint density at radius 1 is 1.35 bits per heavy atom. The van der Waals surface area contributed by atoms with Crippen molar-refractivity contribution < 1.29 is 4.74 Å². The largest absolute Gasteiger partial charge is 0.491 e. The fraction of sp³-hybridized carbons (Fsp3) is 0.538. The molecule has 0 aliphatic rings. The quantitative estimate of drug-likeness (QED) is 0.796. The van der Waals surface area contributed by atoms with E-state index < -0.39 is 0 Å². The summed E-state index contributed by atoms with van der Waals surface area (Å²) in [4.78, 5) is 0. The van der Waals surface area contributed by atoms with Gasteiger partial charge in [-0.2, -0.15) is 0 Å². The number of ether oxygens (including phenoxy) is 1. The molecule has 0 heterocycles. The monoisotopic (exact) mass is 319 g/mol. The molecule has 2 nitrogen and oxygen atoms in total. The summed E-state index contributed by atoms with van der Waals surface area (Å²) in [7, 11) is 0. The summed E-state index contributed by atoms with van der Waals surface area (Å²) in [6.07, 6.45) is 0. The van der Waals surface area contributed by atoms with Crippen LogP contribution >= 0.6 is 27.5 Å². The maximum atomic E-state index is 6.05. The van der Waals surface area contributed by atoms with Gasteiger partial charge in [-0.1, -0.05) is 41.4 Å². The Morgan fingerprint density at radius 2 is 2.06 bits per heavy atom. The van der Waals surface area contributed by atoms with Crippen LogP contribution in [0.3, 0.4) is 0 Å². The van der Waals surface area contributed by atoms with Gasteiger partial charge in [-0.05, 0) is 31.0 Å². The highest BCUT2D eigenvalue weighted by Crippen LogP contribution is 2.27. The van der Waals surface area contributed by atoms with Crippen molar-refractivity contribution in [3.8, 4) is 5.75 Å². The number of hydrogen-bond acceptors (Lipinski definition) is 2. The Balaban J connectivity index is 2.31. The summed E-state index contributed by atoms with van der Waals surface area (Å²) in [5, 5.41) is 4.04. The number of halogens is 2. The van der Waals surface area contributed by atoms with Gasteiger partial charge in [0, 0.05) is 17.1 Å². The summed E-state index contributed by atoms with van der Waals surface area (Å²) < 4.78 is 6.57. The van der Waals surface area contributed by atoms with E-state index in [1.54, 1.807) is 0 Å². The highest BCUT2D eigenvalue weighted by molar-refractivity contribution is 9.10. The molecule has 1 aromatic rings. The molecule has 1 unspecified atom stereocenters. The zero-order chi connectivity index (χ0) is 12.8. The summed E-state index contributed by atoms with van der Waals surface area (Å²) in [5.74, 6) is 1.36. The average molecular weight is 321 g/mol. The van der Waals surface area contributed by atoms with E-state index in [4.69, 9.17) is 16.3 Å². The fourth-order valence-electron chi connectivity index (χ4n) is 1.28. The van der Waals surface area contributed by atoms with Crippen LogP contribution in [0.4, 0.5) is 0 Å². The third kappa shape index (κ3) is 5.28. The van der Waals surface area contributed by atoms with E-state index in [9.17, 15) is 0 Å². The molecule has 4 heteroatoms. The van der Waals surface area contributed by atoms with Gasteiger partial charge in [-0.15, -0.1) is 0 Å². The predicted octanol–water partition coefficient (Wildman–Crippen LogP) is 4.12. The Morgan fingerprint density at radius 3 is 2.65 bits per heavy atom. The standard InChI is InChI=1S/C13H19BrClNO/c1-9(2)10(3)16-6-7-17-13-5-4-11(14)8-12(13)15/h4-5,8-10,16H,6-7H2,1-3H3. The topological polar surface area (TPSA) is 21.3 Å².